The normalized spacial score (nSPS) is 11.5. The third-order valence-corrected chi connectivity index (χ3v) is 2.50. The van der Waals surface area contributed by atoms with Gasteiger partial charge in [-0.05, 0) is 31.5 Å². The van der Waals surface area contributed by atoms with Crippen LogP contribution in [0.5, 0.6) is 5.75 Å². The molecular weight excluding hydrogens is 244 g/mol. The molecule has 0 saturated heterocycles. The van der Waals surface area contributed by atoms with Gasteiger partial charge < -0.3 is 14.8 Å². The van der Waals surface area contributed by atoms with E-state index in [0.717, 1.165) is 5.56 Å². The third-order valence-electron chi connectivity index (χ3n) is 2.50. The van der Waals surface area contributed by atoms with Gasteiger partial charge in [0, 0.05) is 13.2 Å². The second-order valence-corrected chi connectivity index (χ2v) is 4.30. The molecule has 1 atom stereocenters. The Labute approximate surface area is 113 Å². The lowest BCUT2D eigenvalue weighted by Gasteiger charge is -2.14. The molecule has 1 rings (SSSR count). The number of aryl methyl sites for hydroxylation is 1. The Balaban J connectivity index is 2.53. The van der Waals surface area contributed by atoms with Crippen LogP contribution in [0.3, 0.4) is 0 Å². The van der Waals surface area contributed by atoms with Gasteiger partial charge in [-0.3, -0.25) is 4.79 Å². The molecule has 5 nitrogen and oxygen atoms in total. The van der Waals surface area contributed by atoms with E-state index in [2.05, 4.69) is 5.32 Å². The summed E-state index contributed by atoms with van der Waals surface area (Å²) in [6.07, 6.45) is 0. The van der Waals surface area contributed by atoms with Gasteiger partial charge in [0.05, 0.1) is 18.2 Å². The molecule has 102 valence electrons. The Morgan fingerprint density at radius 1 is 1.53 bits per heavy atom. The quantitative estimate of drug-likeness (QED) is 0.841. The summed E-state index contributed by atoms with van der Waals surface area (Å²) in [5, 5.41) is 11.6. The van der Waals surface area contributed by atoms with E-state index in [1.165, 1.54) is 0 Å². The van der Waals surface area contributed by atoms with Crippen LogP contribution in [0.4, 0.5) is 0 Å². The lowest BCUT2D eigenvalue weighted by Crippen LogP contribution is -2.38. The lowest BCUT2D eigenvalue weighted by molar-refractivity contribution is -0.124. The van der Waals surface area contributed by atoms with E-state index in [1.54, 1.807) is 25.3 Å². The maximum absolute atomic E-state index is 11.6. The minimum atomic E-state index is -0.216. The molecule has 1 N–H and O–H groups in total. The highest BCUT2D eigenvalue weighted by atomic mass is 16.5. The van der Waals surface area contributed by atoms with Crippen LogP contribution < -0.4 is 10.1 Å². The number of hydrogen-bond donors (Lipinski definition) is 1. The molecule has 1 aromatic carbocycles. The Hall–Kier alpha value is -2.06. The van der Waals surface area contributed by atoms with Crippen molar-refractivity contribution in [2.24, 2.45) is 0 Å². The monoisotopic (exact) mass is 262 g/mol. The van der Waals surface area contributed by atoms with Crippen molar-refractivity contribution in [1.82, 2.24) is 5.32 Å². The molecule has 0 fully saturated rings. The third kappa shape index (κ3) is 4.98. The first-order chi connectivity index (χ1) is 9.06. The van der Waals surface area contributed by atoms with E-state index in [-0.39, 0.29) is 18.6 Å². The standard InChI is InChI=1S/C14H18N2O3/c1-10-4-5-12(7-15)6-13(10)19-9-14(17)16-11(2)8-18-3/h4-6,11H,8-9H2,1-3H3,(H,16,17). The van der Waals surface area contributed by atoms with Crippen molar-refractivity contribution in [3.05, 3.63) is 29.3 Å². The fourth-order valence-electron chi connectivity index (χ4n) is 1.58. The van der Waals surface area contributed by atoms with E-state index >= 15 is 0 Å². The molecule has 1 aromatic rings. The van der Waals surface area contributed by atoms with Gasteiger partial charge >= 0.3 is 0 Å². The van der Waals surface area contributed by atoms with Crippen LogP contribution in [0, 0.1) is 18.3 Å². The van der Waals surface area contributed by atoms with Crippen molar-refractivity contribution in [3.63, 3.8) is 0 Å². The summed E-state index contributed by atoms with van der Waals surface area (Å²) in [4.78, 5) is 11.6. The summed E-state index contributed by atoms with van der Waals surface area (Å²) in [6.45, 7) is 4.09. The van der Waals surface area contributed by atoms with Crippen LogP contribution in [0.15, 0.2) is 18.2 Å². The second-order valence-electron chi connectivity index (χ2n) is 4.30. The van der Waals surface area contributed by atoms with Crippen LogP contribution in [0.1, 0.15) is 18.1 Å². The highest BCUT2D eigenvalue weighted by molar-refractivity contribution is 5.77. The minimum Gasteiger partial charge on any atom is -0.483 e. The maximum atomic E-state index is 11.6. The van der Waals surface area contributed by atoms with Crippen LogP contribution in [0.2, 0.25) is 0 Å². The number of nitrogens with zero attached hydrogens (tertiary/aromatic N) is 1. The molecule has 0 aliphatic heterocycles. The van der Waals surface area contributed by atoms with Crippen molar-refractivity contribution in [2.75, 3.05) is 20.3 Å². The van der Waals surface area contributed by atoms with Crippen molar-refractivity contribution >= 4 is 5.91 Å². The molecule has 0 radical (unpaired) electrons. The van der Waals surface area contributed by atoms with Crippen LogP contribution in [0.25, 0.3) is 0 Å². The highest BCUT2D eigenvalue weighted by Gasteiger charge is 2.09. The van der Waals surface area contributed by atoms with Gasteiger partial charge in [0.15, 0.2) is 6.61 Å². The molecule has 1 unspecified atom stereocenters. The molecule has 0 spiro atoms. The zero-order valence-electron chi connectivity index (χ0n) is 11.4. The summed E-state index contributed by atoms with van der Waals surface area (Å²) < 4.78 is 10.3. The fraction of sp³-hybridized carbons (Fsp3) is 0.429. The van der Waals surface area contributed by atoms with Crippen molar-refractivity contribution in [1.29, 1.82) is 5.26 Å². The highest BCUT2D eigenvalue weighted by Crippen LogP contribution is 2.18. The molecule has 0 heterocycles. The summed E-state index contributed by atoms with van der Waals surface area (Å²) >= 11 is 0. The van der Waals surface area contributed by atoms with E-state index in [1.807, 2.05) is 19.9 Å². The smallest absolute Gasteiger partial charge is 0.258 e. The predicted octanol–water partition coefficient (Wildman–Crippen LogP) is 1.40. The first-order valence-corrected chi connectivity index (χ1v) is 5.98. The average molecular weight is 262 g/mol. The average Bonchev–Trinajstić information content (AvgIpc) is 2.38. The number of amides is 1. The molecule has 0 aliphatic carbocycles. The Kier molecular flexibility index (Phi) is 5.83. The molecule has 1 amide bonds. The summed E-state index contributed by atoms with van der Waals surface area (Å²) in [6, 6.07) is 7.10. The van der Waals surface area contributed by atoms with Gasteiger partial charge in [-0.1, -0.05) is 6.07 Å². The van der Waals surface area contributed by atoms with Crippen molar-refractivity contribution < 1.29 is 14.3 Å². The van der Waals surface area contributed by atoms with Crippen molar-refractivity contribution in [3.8, 4) is 11.8 Å². The van der Waals surface area contributed by atoms with Gasteiger partial charge in [-0.2, -0.15) is 5.26 Å². The first-order valence-electron chi connectivity index (χ1n) is 5.98. The number of benzene rings is 1. The Bertz CT molecular complexity index is 480. The maximum Gasteiger partial charge on any atom is 0.258 e. The molecule has 19 heavy (non-hydrogen) atoms. The molecule has 5 heteroatoms. The SMILES string of the molecule is COCC(C)NC(=O)COc1cc(C#N)ccc1C. The Morgan fingerprint density at radius 2 is 2.26 bits per heavy atom. The van der Waals surface area contributed by atoms with E-state index in [0.29, 0.717) is 17.9 Å². The number of nitrogens with one attached hydrogen (secondary N) is 1. The Morgan fingerprint density at radius 3 is 2.89 bits per heavy atom. The number of hydrogen-bond acceptors (Lipinski definition) is 4. The van der Waals surface area contributed by atoms with E-state index < -0.39 is 0 Å². The van der Waals surface area contributed by atoms with Gasteiger partial charge in [0.2, 0.25) is 0 Å². The van der Waals surface area contributed by atoms with Crippen molar-refractivity contribution in [2.45, 2.75) is 19.9 Å². The van der Waals surface area contributed by atoms with E-state index in [9.17, 15) is 4.79 Å². The number of nitriles is 1. The first kappa shape index (κ1) is 15.0. The summed E-state index contributed by atoms with van der Waals surface area (Å²) in [5.41, 5.74) is 1.39. The van der Waals surface area contributed by atoms with Gasteiger partial charge in [0.1, 0.15) is 5.75 Å². The zero-order chi connectivity index (χ0) is 14.3. The van der Waals surface area contributed by atoms with Crippen LogP contribution >= 0.6 is 0 Å². The number of ether oxygens (including phenoxy) is 2. The number of rotatable bonds is 6. The molecule has 0 saturated carbocycles. The minimum absolute atomic E-state index is 0.0624. The summed E-state index contributed by atoms with van der Waals surface area (Å²) in [5.74, 6) is 0.333. The zero-order valence-corrected chi connectivity index (χ0v) is 11.4. The van der Waals surface area contributed by atoms with Crippen LogP contribution in [-0.4, -0.2) is 32.3 Å². The number of carbonyl (C=O) groups excluding carboxylic acids is 1. The van der Waals surface area contributed by atoms with Gasteiger partial charge in [-0.25, -0.2) is 0 Å². The van der Waals surface area contributed by atoms with Crippen LogP contribution in [-0.2, 0) is 9.53 Å². The fourth-order valence-corrected chi connectivity index (χ4v) is 1.58. The number of carbonyl (C=O) groups is 1. The van der Waals surface area contributed by atoms with Gasteiger partial charge in [-0.15, -0.1) is 0 Å². The molecule has 0 aliphatic rings. The van der Waals surface area contributed by atoms with E-state index in [4.69, 9.17) is 14.7 Å². The lowest BCUT2D eigenvalue weighted by atomic mass is 10.1. The predicted molar refractivity (Wildman–Crippen MR) is 70.9 cm³/mol. The van der Waals surface area contributed by atoms with Gasteiger partial charge in [0.25, 0.3) is 5.91 Å². The molecule has 0 bridgehead atoms. The molecular formula is C14H18N2O3. The number of methoxy groups -OCH3 is 1. The topological polar surface area (TPSA) is 71.3 Å². The second kappa shape index (κ2) is 7.39. The largest absolute Gasteiger partial charge is 0.483 e. The molecule has 0 aromatic heterocycles. The summed E-state index contributed by atoms with van der Waals surface area (Å²) in [7, 11) is 1.58.